The molecule has 23 heavy (non-hydrogen) atoms. The Morgan fingerprint density at radius 3 is 2.57 bits per heavy atom. The average Bonchev–Trinajstić information content (AvgIpc) is 2.70. The largest absolute Gasteiger partial charge is 0.377 e. The lowest BCUT2D eigenvalue weighted by atomic mass is 10.1. The van der Waals surface area contributed by atoms with Crippen molar-refractivity contribution in [2.24, 2.45) is 7.05 Å². The molecular formula is C17H21ClN4O. The summed E-state index contributed by atoms with van der Waals surface area (Å²) < 4.78 is 1.58. The van der Waals surface area contributed by atoms with E-state index in [-0.39, 0.29) is 5.91 Å². The summed E-state index contributed by atoms with van der Waals surface area (Å²) in [5.74, 6) is -0.207. The van der Waals surface area contributed by atoms with Gasteiger partial charge < -0.3 is 10.2 Å². The average molecular weight is 333 g/mol. The van der Waals surface area contributed by atoms with Crippen LogP contribution in [0.3, 0.4) is 0 Å². The summed E-state index contributed by atoms with van der Waals surface area (Å²) in [5, 5.41) is 7.57. The predicted octanol–water partition coefficient (Wildman–Crippen LogP) is 3.41. The minimum Gasteiger partial charge on any atom is -0.377 e. The fourth-order valence-electron chi connectivity index (χ4n) is 2.41. The number of aromatic nitrogens is 2. The summed E-state index contributed by atoms with van der Waals surface area (Å²) in [6.45, 7) is 3.87. The zero-order chi connectivity index (χ0) is 17.1. The van der Waals surface area contributed by atoms with Gasteiger partial charge in [0.25, 0.3) is 0 Å². The van der Waals surface area contributed by atoms with Crippen molar-refractivity contribution >= 4 is 35.0 Å². The van der Waals surface area contributed by atoms with Crippen LogP contribution in [-0.4, -0.2) is 29.8 Å². The molecule has 0 fully saturated rings. The van der Waals surface area contributed by atoms with Gasteiger partial charge in [-0.3, -0.25) is 9.48 Å². The molecule has 0 radical (unpaired) electrons. The van der Waals surface area contributed by atoms with Crippen LogP contribution in [0.25, 0.3) is 6.08 Å². The maximum Gasteiger partial charge on any atom is 0.248 e. The van der Waals surface area contributed by atoms with Crippen LogP contribution in [0.15, 0.2) is 24.3 Å². The van der Waals surface area contributed by atoms with E-state index in [1.165, 1.54) is 6.08 Å². The van der Waals surface area contributed by atoms with Gasteiger partial charge in [-0.1, -0.05) is 11.6 Å². The molecule has 1 aromatic heterocycles. The Morgan fingerprint density at radius 2 is 2.04 bits per heavy atom. The van der Waals surface area contributed by atoms with Crippen LogP contribution in [0.2, 0.25) is 5.15 Å². The third-order valence-electron chi connectivity index (χ3n) is 3.54. The normalized spacial score (nSPS) is 11.0. The number of benzene rings is 1. The highest BCUT2D eigenvalue weighted by molar-refractivity contribution is 6.31. The summed E-state index contributed by atoms with van der Waals surface area (Å²) in [6.07, 6.45) is 3.14. The lowest BCUT2D eigenvalue weighted by Crippen LogP contribution is -2.11. The second kappa shape index (κ2) is 6.87. The van der Waals surface area contributed by atoms with E-state index in [0.717, 1.165) is 28.2 Å². The third-order valence-corrected chi connectivity index (χ3v) is 3.99. The minimum atomic E-state index is -0.207. The Labute approximate surface area is 141 Å². The zero-order valence-corrected chi connectivity index (χ0v) is 14.8. The third kappa shape index (κ3) is 3.93. The number of halogens is 1. The Hall–Kier alpha value is -2.27. The molecule has 0 aliphatic heterocycles. The van der Waals surface area contributed by atoms with Crippen molar-refractivity contribution < 1.29 is 4.79 Å². The van der Waals surface area contributed by atoms with Crippen molar-refractivity contribution in [3.05, 3.63) is 46.2 Å². The molecule has 122 valence electrons. The molecule has 0 atom stereocenters. The highest BCUT2D eigenvalue weighted by atomic mass is 35.5. The van der Waals surface area contributed by atoms with Gasteiger partial charge in [0.2, 0.25) is 5.91 Å². The molecule has 2 rings (SSSR count). The number of carbonyl (C=O) groups is 1. The molecule has 2 aromatic rings. The van der Waals surface area contributed by atoms with E-state index in [1.54, 1.807) is 17.8 Å². The molecule has 5 nitrogen and oxygen atoms in total. The van der Waals surface area contributed by atoms with E-state index in [2.05, 4.69) is 10.4 Å². The SMILES string of the molecule is Cc1cc(NC(=O)C=Cc2c(C)nn(C)c2Cl)ccc1N(C)C. The number of amides is 1. The number of hydrogen-bond acceptors (Lipinski definition) is 3. The maximum absolute atomic E-state index is 12.1. The summed E-state index contributed by atoms with van der Waals surface area (Å²) in [7, 11) is 5.74. The van der Waals surface area contributed by atoms with Crippen molar-refractivity contribution in [1.82, 2.24) is 9.78 Å². The molecule has 1 N–H and O–H groups in total. The number of anilines is 2. The molecule has 0 saturated heterocycles. The standard InChI is InChI=1S/C17H21ClN4O/c1-11-10-13(6-8-15(11)21(3)4)19-16(23)9-7-14-12(2)20-22(5)17(14)18/h6-10H,1-5H3,(H,19,23). The van der Waals surface area contributed by atoms with Crippen LogP contribution in [0, 0.1) is 13.8 Å². The molecule has 0 aliphatic rings. The first kappa shape index (κ1) is 17.1. The molecule has 0 spiro atoms. The fraction of sp³-hybridized carbons (Fsp3) is 0.294. The first-order chi connectivity index (χ1) is 10.8. The van der Waals surface area contributed by atoms with E-state index >= 15 is 0 Å². The molecule has 1 amide bonds. The van der Waals surface area contributed by atoms with E-state index in [4.69, 9.17) is 11.6 Å². The molecular weight excluding hydrogens is 312 g/mol. The van der Waals surface area contributed by atoms with Gasteiger partial charge in [-0.2, -0.15) is 5.10 Å². The highest BCUT2D eigenvalue weighted by Crippen LogP contribution is 2.22. The number of carbonyl (C=O) groups excluding carboxylic acids is 1. The summed E-state index contributed by atoms with van der Waals surface area (Å²) in [6, 6.07) is 5.82. The van der Waals surface area contributed by atoms with Gasteiger partial charge in [-0.15, -0.1) is 0 Å². The van der Waals surface area contributed by atoms with Crippen molar-refractivity contribution in [2.45, 2.75) is 13.8 Å². The molecule has 1 heterocycles. The van der Waals surface area contributed by atoms with E-state index in [9.17, 15) is 4.79 Å². The highest BCUT2D eigenvalue weighted by Gasteiger charge is 2.09. The monoisotopic (exact) mass is 332 g/mol. The van der Waals surface area contributed by atoms with Crippen LogP contribution in [-0.2, 0) is 11.8 Å². The van der Waals surface area contributed by atoms with Gasteiger partial charge in [-0.05, 0) is 43.7 Å². The van der Waals surface area contributed by atoms with Crippen LogP contribution in [0.4, 0.5) is 11.4 Å². The van der Waals surface area contributed by atoms with Gasteiger partial charge in [-0.25, -0.2) is 0 Å². The number of nitrogens with zero attached hydrogens (tertiary/aromatic N) is 3. The number of nitrogens with one attached hydrogen (secondary N) is 1. The minimum absolute atomic E-state index is 0.207. The van der Waals surface area contributed by atoms with E-state index in [0.29, 0.717) is 5.15 Å². The number of hydrogen-bond donors (Lipinski definition) is 1. The van der Waals surface area contributed by atoms with Gasteiger partial charge in [0, 0.05) is 44.2 Å². The van der Waals surface area contributed by atoms with Crippen molar-refractivity contribution in [1.29, 1.82) is 0 Å². The van der Waals surface area contributed by atoms with E-state index in [1.807, 2.05) is 51.0 Å². The summed E-state index contributed by atoms with van der Waals surface area (Å²) in [5.41, 5.74) is 4.52. The quantitative estimate of drug-likeness (QED) is 0.873. The Bertz CT molecular complexity index is 762. The topological polar surface area (TPSA) is 50.2 Å². The first-order valence-corrected chi connectivity index (χ1v) is 7.63. The molecule has 0 bridgehead atoms. The van der Waals surface area contributed by atoms with Crippen LogP contribution in [0.5, 0.6) is 0 Å². The van der Waals surface area contributed by atoms with Crippen molar-refractivity contribution in [2.75, 3.05) is 24.3 Å². The second-order valence-electron chi connectivity index (χ2n) is 5.63. The van der Waals surface area contributed by atoms with Crippen LogP contribution >= 0.6 is 11.6 Å². The van der Waals surface area contributed by atoms with Gasteiger partial charge >= 0.3 is 0 Å². The smallest absolute Gasteiger partial charge is 0.248 e. The van der Waals surface area contributed by atoms with Crippen molar-refractivity contribution in [3.8, 4) is 0 Å². The Kier molecular flexibility index (Phi) is 5.11. The van der Waals surface area contributed by atoms with Crippen LogP contribution in [0.1, 0.15) is 16.8 Å². The number of rotatable bonds is 4. The summed E-state index contributed by atoms with van der Waals surface area (Å²) >= 11 is 6.14. The van der Waals surface area contributed by atoms with E-state index < -0.39 is 0 Å². The molecule has 1 aromatic carbocycles. The number of aryl methyl sites for hydroxylation is 3. The Balaban J connectivity index is 2.10. The molecule has 0 aliphatic carbocycles. The molecule has 6 heteroatoms. The fourth-order valence-corrected chi connectivity index (χ4v) is 2.65. The van der Waals surface area contributed by atoms with Gasteiger partial charge in [0.05, 0.1) is 5.69 Å². The first-order valence-electron chi connectivity index (χ1n) is 7.25. The van der Waals surface area contributed by atoms with Crippen molar-refractivity contribution in [3.63, 3.8) is 0 Å². The zero-order valence-electron chi connectivity index (χ0n) is 14.0. The second-order valence-corrected chi connectivity index (χ2v) is 5.99. The van der Waals surface area contributed by atoms with Gasteiger partial charge in [0.1, 0.15) is 5.15 Å². The maximum atomic E-state index is 12.1. The molecule has 0 saturated carbocycles. The van der Waals surface area contributed by atoms with Crippen LogP contribution < -0.4 is 10.2 Å². The Morgan fingerprint density at radius 1 is 1.35 bits per heavy atom. The summed E-state index contributed by atoms with van der Waals surface area (Å²) in [4.78, 5) is 14.1. The van der Waals surface area contributed by atoms with Gasteiger partial charge in [0.15, 0.2) is 0 Å². The lowest BCUT2D eigenvalue weighted by molar-refractivity contribution is -0.111. The lowest BCUT2D eigenvalue weighted by Gasteiger charge is -2.16. The molecule has 0 unspecified atom stereocenters. The predicted molar refractivity (Wildman–Crippen MR) is 96.1 cm³/mol.